The molecule has 0 spiro atoms. The Kier molecular flexibility index (Phi) is 5.69. The number of fused-ring (bicyclic) bond motifs is 1. The molecule has 170 valence electrons. The minimum Gasteiger partial charge on any atom is -0.366 e. The highest BCUT2D eigenvalue weighted by Gasteiger charge is 2.29. The summed E-state index contributed by atoms with van der Waals surface area (Å²) >= 11 is 1.47. The maximum absolute atomic E-state index is 11.9. The van der Waals surface area contributed by atoms with E-state index in [9.17, 15) is 8.42 Å². The third-order valence-corrected chi connectivity index (χ3v) is 7.75. The number of aromatic nitrogens is 4. The van der Waals surface area contributed by atoms with Gasteiger partial charge in [0.15, 0.2) is 5.13 Å². The normalized spacial score (nSPS) is 17.4. The molecule has 5 heterocycles. The highest BCUT2D eigenvalue weighted by molar-refractivity contribution is 7.88. The van der Waals surface area contributed by atoms with Gasteiger partial charge in [0, 0.05) is 61.6 Å². The van der Waals surface area contributed by atoms with E-state index in [4.69, 9.17) is 4.98 Å². The molecular formula is C22H23N7O2S2. The van der Waals surface area contributed by atoms with Crippen molar-refractivity contribution in [2.45, 2.75) is 13.0 Å². The first kappa shape index (κ1) is 21.7. The number of nitrogens with zero attached hydrogens (tertiary/aromatic N) is 6. The van der Waals surface area contributed by atoms with Crippen molar-refractivity contribution >= 4 is 48.3 Å². The Morgan fingerprint density at radius 2 is 1.88 bits per heavy atom. The van der Waals surface area contributed by atoms with Crippen LogP contribution in [-0.4, -0.2) is 64.6 Å². The van der Waals surface area contributed by atoms with Gasteiger partial charge in [0.1, 0.15) is 16.2 Å². The zero-order valence-corrected chi connectivity index (χ0v) is 19.8. The number of sulfonamides is 1. The first-order valence-electron chi connectivity index (χ1n) is 10.5. The molecule has 0 unspecified atom stereocenters. The van der Waals surface area contributed by atoms with E-state index in [1.54, 1.807) is 18.6 Å². The Bertz CT molecular complexity index is 1390. The largest absolute Gasteiger partial charge is 0.366 e. The molecule has 1 atom stereocenters. The van der Waals surface area contributed by atoms with Crippen LogP contribution in [0.15, 0.2) is 55.0 Å². The van der Waals surface area contributed by atoms with Gasteiger partial charge in [0.25, 0.3) is 0 Å². The van der Waals surface area contributed by atoms with E-state index < -0.39 is 10.0 Å². The van der Waals surface area contributed by atoms with Crippen molar-refractivity contribution in [1.29, 1.82) is 0 Å². The van der Waals surface area contributed by atoms with Crippen LogP contribution in [-0.2, 0) is 10.0 Å². The Morgan fingerprint density at radius 1 is 1.06 bits per heavy atom. The maximum Gasteiger partial charge on any atom is 0.211 e. The van der Waals surface area contributed by atoms with E-state index in [2.05, 4.69) is 25.2 Å². The van der Waals surface area contributed by atoms with Gasteiger partial charge in [0.05, 0.1) is 11.9 Å². The lowest BCUT2D eigenvalue weighted by Crippen LogP contribution is -2.53. The number of nitrogens with one attached hydrogen (secondary N) is 1. The van der Waals surface area contributed by atoms with Crippen molar-refractivity contribution in [3.63, 3.8) is 0 Å². The van der Waals surface area contributed by atoms with E-state index in [0.29, 0.717) is 30.6 Å². The number of piperazine rings is 1. The topological polar surface area (TPSA) is 104 Å². The summed E-state index contributed by atoms with van der Waals surface area (Å²) in [7, 11) is -3.18. The van der Waals surface area contributed by atoms with Crippen LogP contribution in [0, 0.1) is 0 Å². The van der Waals surface area contributed by atoms with Crippen molar-refractivity contribution < 1.29 is 8.42 Å². The Labute approximate surface area is 196 Å². The number of thiazole rings is 1. The van der Waals surface area contributed by atoms with Gasteiger partial charge in [-0.15, -0.1) is 0 Å². The van der Waals surface area contributed by atoms with Crippen LogP contribution in [0.5, 0.6) is 0 Å². The molecule has 0 radical (unpaired) electrons. The Hall–Kier alpha value is -3.15. The van der Waals surface area contributed by atoms with Crippen molar-refractivity contribution in [2.24, 2.45) is 0 Å². The molecule has 0 aliphatic carbocycles. The van der Waals surface area contributed by atoms with Crippen molar-refractivity contribution in [1.82, 2.24) is 24.2 Å². The van der Waals surface area contributed by atoms with Crippen molar-refractivity contribution in [2.75, 3.05) is 36.1 Å². The summed E-state index contributed by atoms with van der Waals surface area (Å²) in [5, 5.41) is 4.01. The highest BCUT2D eigenvalue weighted by Crippen LogP contribution is 2.30. The third kappa shape index (κ3) is 4.65. The molecule has 0 bridgehead atoms. The van der Waals surface area contributed by atoms with E-state index in [1.807, 2.05) is 43.3 Å². The summed E-state index contributed by atoms with van der Waals surface area (Å²) in [5.74, 6) is 0.679. The van der Waals surface area contributed by atoms with Gasteiger partial charge in [-0.3, -0.25) is 4.98 Å². The molecule has 1 aliphatic rings. The van der Waals surface area contributed by atoms with E-state index in [-0.39, 0.29) is 6.04 Å². The molecule has 9 nitrogen and oxygen atoms in total. The quantitative estimate of drug-likeness (QED) is 0.463. The molecule has 0 amide bonds. The average Bonchev–Trinajstić information content (AvgIpc) is 3.20. The summed E-state index contributed by atoms with van der Waals surface area (Å²) in [6.45, 7) is 3.59. The summed E-state index contributed by atoms with van der Waals surface area (Å²) in [6, 6.07) is 11.8. The van der Waals surface area contributed by atoms with Crippen LogP contribution in [0.25, 0.3) is 21.6 Å². The van der Waals surface area contributed by atoms with Crippen molar-refractivity contribution in [3.8, 4) is 11.3 Å². The number of hydrogen-bond acceptors (Lipinski definition) is 9. The lowest BCUT2D eigenvalue weighted by atomic mass is 10.2. The number of rotatable bonds is 5. The predicted octanol–water partition coefficient (Wildman–Crippen LogP) is 3.36. The molecule has 1 fully saturated rings. The van der Waals surface area contributed by atoms with Crippen LogP contribution in [0.3, 0.4) is 0 Å². The standard InChI is InChI=1S/C22H23N7O2S2/c1-15-14-28(33(2,30)31)11-12-29(15)17-7-10-24-20(13-17)27-22-26-19-4-3-18(25-21(19)32-22)16-5-8-23-9-6-16/h3-10,13,15H,11-12,14H2,1-2H3,(H,24,26,27)/t15-/m1/s1. The SMILES string of the molecule is C[C@@H]1CN(S(C)(=O)=O)CCN1c1ccnc(Nc2nc3ccc(-c4ccncc4)nc3s2)c1. The minimum absolute atomic E-state index is 0.0574. The van der Waals surface area contributed by atoms with Crippen LogP contribution in [0.1, 0.15) is 6.92 Å². The van der Waals surface area contributed by atoms with Gasteiger partial charge in [-0.05, 0) is 37.3 Å². The van der Waals surface area contributed by atoms with Crippen molar-refractivity contribution in [3.05, 3.63) is 55.0 Å². The first-order chi connectivity index (χ1) is 15.9. The zero-order valence-electron chi connectivity index (χ0n) is 18.2. The van der Waals surface area contributed by atoms with Gasteiger partial charge in [0.2, 0.25) is 10.0 Å². The molecule has 4 aromatic heterocycles. The summed E-state index contributed by atoms with van der Waals surface area (Å²) in [4.78, 5) is 20.9. The fourth-order valence-corrected chi connectivity index (χ4v) is 5.68. The zero-order chi connectivity index (χ0) is 23.0. The fraction of sp³-hybridized carbons (Fsp3) is 0.273. The first-order valence-corrected chi connectivity index (χ1v) is 13.2. The molecule has 0 saturated carbocycles. The number of anilines is 3. The molecule has 1 N–H and O–H groups in total. The lowest BCUT2D eigenvalue weighted by Gasteiger charge is -2.40. The number of pyridine rings is 3. The molecule has 1 aliphatic heterocycles. The monoisotopic (exact) mass is 481 g/mol. The number of hydrogen-bond donors (Lipinski definition) is 1. The lowest BCUT2D eigenvalue weighted by molar-refractivity contribution is 0.345. The van der Waals surface area contributed by atoms with Gasteiger partial charge in [-0.2, -0.15) is 4.31 Å². The predicted molar refractivity (Wildman–Crippen MR) is 131 cm³/mol. The molecule has 4 aromatic rings. The van der Waals surface area contributed by atoms with E-state index >= 15 is 0 Å². The molecule has 33 heavy (non-hydrogen) atoms. The Balaban J connectivity index is 1.34. The van der Waals surface area contributed by atoms with Crippen LogP contribution >= 0.6 is 11.3 Å². The summed E-state index contributed by atoms with van der Waals surface area (Å²) < 4.78 is 25.3. The van der Waals surface area contributed by atoms with E-state index in [0.717, 1.165) is 27.3 Å². The summed E-state index contributed by atoms with van der Waals surface area (Å²) in [5.41, 5.74) is 3.70. The molecule has 5 rings (SSSR count). The molecule has 0 aromatic carbocycles. The third-order valence-electron chi connectivity index (χ3n) is 5.60. The smallest absolute Gasteiger partial charge is 0.211 e. The van der Waals surface area contributed by atoms with Gasteiger partial charge in [-0.25, -0.2) is 23.4 Å². The second-order valence-corrected chi connectivity index (χ2v) is 10.9. The van der Waals surface area contributed by atoms with Gasteiger partial charge in [-0.1, -0.05) is 11.3 Å². The fourth-order valence-electron chi connectivity index (χ4n) is 3.94. The summed E-state index contributed by atoms with van der Waals surface area (Å²) in [6.07, 6.45) is 6.51. The highest BCUT2D eigenvalue weighted by atomic mass is 32.2. The van der Waals surface area contributed by atoms with Gasteiger partial charge >= 0.3 is 0 Å². The molecular weight excluding hydrogens is 458 g/mol. The molecule has 11 heteroatoms. The maximum atomic E-state index is 11.9. The second-order valence-electron chi connectivity index (χ2n) is 7.96. The molecule has 1 saturated heterocycles. The van der Waals surface area contributed by atoms with Crippen LogP contribution in [0.2, 0.25) is 0 Å². The van der Waals surface area contributed by atoms with Crippen LogP contribution in [0.4, 0.5) is 16.6 Å². The minimum atomic E-state index is -3.18. The average molecular weight is 482 g/mol. The van der Waals surface area contributed by atoms with Crippen LogP contribution < -0.4 is 10.2 Å². The van der Waals surface area contributed by atoms with Gasteiger partial charge < -0.3 is 10.2 Å². The Morgan fingerprint density at radius 3 is 2.64 bits per heavy atom. The van der Waals surface area contributed by atoms with E-state index in [1.165, 1.54) is 21.9 Å². The second kappa shape index (κ2) is 8.65.